The summed E-state index contributed by atoms with van der Waals surface area (Å²) in [5.74, 6) is 1.03. The van der Waals surface area contributed by atoms with Crippen LogP contribution in [0.1, 0.15) is 19.7 Å². The van der Waals surface area contributed by atoms with Crippen LogP contribution in [0.25, 0.3) is 0 Å². The maximum absolute atomic E-state index is 9.64. The molecule has 0 atom stereocenters. The Morgan fingerprint density at radius 3 is 2.67 bits per heavy atom. The molecule has 0 aliphatic heterocycles. The summed E-state index contributed by atoms with van der Waals surface area (Å²) < 4.78 is 2.11. The van der Waals surface area contributed by atoms with Gasteiger partial charge >= 0.3 is 0 Å². The van der Waals surface area contributed by atoms with E-state index in [0.717, 1.165) is 18.9 Å². The largest absolute Gasteiger partial charge is 0.389 e. The lowest BCUT2D eigenvalue weighted by atomic mass is 10.1. The second kappa shape index (κ2) is 4.77. The average molecular weight is 211 g/mol. The van der Waals surface area contributed by atoms with E-state index in [0.29, 0.717) is 6.54 Å². The van der Waals surface area contributed by atoms with Gasteiger partial charge in [-0.15, -0.1) is 0 Å². The molecule has 1 heterocycles. The summed E-state index contributed by atoms with van der Waals surface area (Å²) in [6, 6.07) is 0. The Kier molecular flexibility index (Phi) is 3.88. The number of imidazole rings is 1. The Labute approximate surface area is 91.5 Å². The third-order valence-electron chi connectivity index (χ3n) is 2.30. The average Bonchev–Trinajstić information content (AvgIpc) is 2.44. The van der Waals surface area contributed by atoms with Gasteiger partial charge < -0.3 is 14.6 Å². The van der Waals surface area contributed by atoms with Crippen molar-refractivity contribution >= 4 is 0 Å². The van der Waals surface area contributed by atoms with Crippen molar-refractivity contribution in [2.75, 3.05) is 20.1 Å². The van der Waals surface area contributed by atoms with Gasteiger partial charge in [-0.25, -0.2) is 4.98 Å². The molecule has 15 heavy (non-hydrogen) atoms. The SMILES string of the molecule is Cc1nccn1CCN(C)CC(C)(C)O. The second-order valence-electron chi connectivity index (χ2n) is 4.72. The molecule has 0 fully saturated rings. The van der Waals surface area contributed by atoms with Crippen LogP contribution in [0.3, 0.4) is 0 Å². The molecule has 0 aliphatic carbocycles. The first-order chi connectivity index (χ1) is 6.88. The van der Waals surface area contributed by atoms with Crippen LogP contribution in [-0.2, 0) is 6.54 Å². The summed E-state index contributed by atoms with van der Waals surface area (Å²) in [5, 5.41) is 9.64. The molecule has 0 amide bonds. The summed E-state index contributed by atoms with van der Waals surface area (Å²) in [4.78, 5) is 6.29. The number of hydrogen-bond acceptors (Lipinski definition) is 3. The van der Waals surface area contributed by atoms with Crippen molar-refractivity contribution < 1.29 is 5.11 Å². The van der Waals surface area contributed by atoms with Crippen molar-refractivity contribution in [2.45, 2.75) is 32.9 Å². The Hall–Kier alpha value is -0.870. The van der Waals surface area contributed by atoms with E-state index in [1.54, 1.807) is 0 Å². The van der Waals surface area contributed by atoms with E-state index in [9.17, 15) is 5.11 Å². The van der Waals surface area contributed by atoms with Crippen LogP contribution in [-0.4, -0.2) is 45.3 Å². The third-order valence-corrected chi connectivity index (χ3v) is 2.30. The Bertz CT molecular complexity index is 301. The molecule has 0 saturated carbocycles. The number of aromatic nitrogens is 2. The molecule has 0 spiro atoms. The van der Waals surface area contributed by atoms with Gasteiger partial charge in [-0.3, -0.25) is 0 Å². The molecule has 86 valence electrons. The first-order valence-electron chi connectivity index (χ1n) is 5.27. The Morgan fingerprint density at radius 1 is 1.53 bits per heavy atom. The van der Waals surface area contributed by atoms with E-state index in [4.69, 9.17) is 0 Å². The molecular formula is C11H21N3O. The van der Waals surface area contributed by atoms with E-state index in [2.05, 4.69) is 14.5 Å². The lowest BCUT2D eigenvalue weighted by molar-refractivity contribution is 0.0437. The summed E-state index contributed by atoms with van der Waals surface area (Å²) in [5.41, 5.74) is -0.626. The molecule has 0 unspecified atom stereocenters. The van der Waals surface area contributed by atoms with Crippen molar-refractivity contribution in [1.29, 1.82) is 0 Å². The molecule has 1 aromatic rings. The molecule has 0 radical (unpaired) electrons. The van der Waals surface area contributed by atoms with Gasteiger partial charge in [0.15, 0.2) is 0 Å². The van der Waals surface area contributed by atoms with Crippen LogP contribution in [0.2, 0.25) is 0 Å². The summed E-state index contributed by atoms with van der Waals surface area (Å²) in [7, 11) is 2.02. The zero-order chi connectivity index (χ0) is 11.5. The lowest BCUT2D eigenvalue weighted by Gasteiger charge is -2.25. The van der Waals surface area contributed by atoms with Gasteiger partial charge in [0.05, 0.1) is 5.60 Å². The molecule has 1 aromatic heterocycles. The first kappa shape index (κ1) is 12.2. The van der Waals surface area contributed by atoms with Crippen LogP contribution in [0, 0.1) is 6.92 Å². The van der Waals surface area contributed by atoms with Crippen molar-refractivity contribution in [3.63, 3.8) is 0 Å². The van der Waals surface area contributed by atoms with E-state index in [1.165, 1.54) is 0 Å². The second-order valence-corrected chi connectivity index (χ2v) is 4.72. The molecule has 1 N–H and O–H groups in total. The Balaban J connectivity index is 2.35. The maximum Gasteiger partial charge on any atom is 0.105 e. The van der Waals surface area contributed by atoms with E-state index in [-0.39, 0.29) is 0 Å². The molecule has 4 heteroatoms. The van der Waals surface area contributed by atoms with Crippen molar-refractivity contribution in [2.24, 2.45) is 0 Å². The molecule has 0 aromatic carbocycles. The highest BCUT2D eigenvalue weighted by Crippen LogP contribution is 2.03. The summed E-state index contributed by atoms with van der Waals surface area (Å²) in [6.45, 7) is 8.16. The summed E-state index contributed by atoms with van der Waals surface area (Å²) in [6.07, 6.45) is 3.79. The third kappa shape index (κ3) is 4.44. The van der Waals surface area contributed by atoms with Crippen LogP contribution in [0.5, 0.6) is 0 Å². The predicted octanol–water partition coefficient (Wildman–Crippen LogP) is 0.894. The fourth-order valence-corrected chi connectivity index (χ4v) is 1.66. The van der Waals surface area contributed by atoms with Crippen LogP contribution in [0.4, 0.5) is 0 Å². The number of hydrogen-bond donors (Lipinski definition) is 1. The van der Waals surface area contributed by atoms with Gasteiger partial charge in [0.2, 0.25) is 0 Å². The van der Waals surface area contributed by atoms with Gasteiger partial charge in [0.25, 0.3) is 0 Å². The van der Waals surface area contributed by atoms with Gasteiger partial charge in [0.1, 0.15) is 5.82 Å². The molecular weight excluding hydrogens is 190 g/mol. The predicted molar refractivity (Wildman–Crippen MR) is 60.8 cm³/mol. The van der Waals surface area contributed by atoms with Gasteiger partial charge in [0, 0.05) is 32.0 Å². The van der Waals surface area contributed by atoms with Crippen LogP contribution >= 0.6 is 0 Å². The van der Waals surface area contributed by atoms with Gasteiger partial charge in [-0.05, 0) is 27.8 Å². The molecule has 4 nitrogen and oxygen atoms in total. The number of likely N-dealkylation sites (N-methyl/N-ethyl adjacent to an activating group) is 1. The maximum atomic E-state index is 9.64. The highest BCUT2D eigenvalue weighted by molar-refractivity contribution is 4.88. The smallest absolute Gasteiger partial charge is 0.105 e. The van der Waals surface area contributed by atoms with E-state index >= 15 is 0 Å². The minimum Gasteiger partial charge on any atom is -0.389 e. The number of nitrogens with zero attached hydrogens (tertiary/aromatic N) is 3. The zero-order valence-corrected chi connectivity index (χ0v) is 10.1. The van der Waals surface area contributed by atoms with Crippen LogP contribution < -0.4 is 0 Å². The van der Waals surface area contributed by atoms with E-state index in [1.807, 2.05) is 40.2 Å². The molecule has 0 saturated heterocycles. The topological polar surface area (TPSA) is 41.3 Å². The quantitative estimate of drug-likeness (QED) is 0.786. The minimum absolute atomic E-state index is 0.626. The fourth-order valence-electron chi connectivity index (χ4n) is 1.66. The summed E-state index contributed by atoms with van der Waals surface area (Å²) >= 11 is 0. The van der Waals surface area contributed by atoms with Crippen molar-refractivity contribution in [3.8, 4) is 0 Å². The standard InChI is InChI=1S/C11H21N3O/c1-10-12-5-6-14(10)8-7-13(4)9-11(2,3)15/h5-6,15H,7-9H2,1-4H3. The fraction of sp³-hybridized carbons (Fsp3) is 0.727. The van der Waals surface area contributed by atoms with Crippen molar-refractivity contribution in [3.05, 3.63) is 18.2 Å². The van der Waals surface area contributed by atoms with Crippen molar-refractivity contribution in [1.82, 2.24) is 14.5 Å². The highest BCUT2D eigenvalue weighted by Gasteiger charge is 2.15. The molecule has 0 aliphatic rings. The zero-order valence-electron chi connectivity index (χ0n) is 10.1. The number of aliphatic hydroxyl groups is 1. The highest BCUT2D eigenvalue weighted by atomic mass is 16.3. The van der Waals surface area contributed by atoms with Gasteiger partial charge in [-0.1, -0.05) is 0 Å². The molecule has 1 rings (SSSR count). The minimum atomic E-state index is -0.626. The van der Waals surface area contributed by atoms with Gasteiger partial charge in [-0.2, -0.15) is 0 Å². The van der Waals surface area contributed by atoms with Crippen LogP contribution in [0.15, 0.2) is 12.4 Å². The first-order valence-corrected chi connectivity index (χ1v) is 5.27. The monoisotopic (exact) mass is 211 g/mol. The normalized spacial score (nSPS) is 12.4. The van der Waals surface area contributed by atoms with E-state index < -0.39 is 5.60 Å². The lowest BCUT2D eigenvalue weighted by Crippen LogP contribution is -2.37. The number of rotatable bonds is 5. The number of aryl methyl sites for hydroxylation is 1. The molecule has 0 bridgehead atoms. The Morgan fingerprint density at radius 2 is 2.20 bits per heavy atom.